The highest BCUT2D eigenvalue weighted by atomic mass is 16.5. The number of amides is 3. The van der Waals surface area contributed by atoms with Gasteiger partial charge in [0.2, 0.25) is 11.8 Å². The predicted octanol–water partition coefficient (Wildman–Crippen LogP) is 1.90. The maximum atomic E-state index is 12.6. The third-order valence-electron chi connectivity index (χ3n) is 5.68. The number of carbonyl (C=O) groups is 4. The lowest BCUT2D eigenvalue weighted by Gasteiger charge is -2.23. The Bertz CT molecular complexity index is 794. The summed E-state index contributed by atoms with van der Waals surface area (Å²) in [6, 6.07) is 0.643. The highest BCUT2D eigenvalue weighted by molar-refractivity contribution is 6.08. The van der Waals surface area contributed by atoms with Crippen LogP contribution in [0.1, 0.15) is 59.4 Å². The van der Waals surface area contributed by atoms with Crippen molar-refractivity contribution < 1.29 is 23.9 Å². The second-order valence-electron chi connectivity index (χ2n) is 8.04. The zero-order chi connectivity index (χ0) is 21.3. The van der Waals surface area contributed by atoms with Crippen LogP contribution in [-0.2, 0) is 23.9 Å². The molecule has 158 valence electrons. The highest BCUT2D eigenvalue weighted by Crippen LogP contribution is 2.38. The van der Waals surface area contributed by atoms with Gasteiger partial charge in [0.1, 0.15) is 11.9 Å². The number of fused-ring (bicyclic) bond motifs is 1. The van der Waals surface area contributed by atoms with Crippen LogP contribution in [0.25, 0.3) is 0 Å². The molecule has 2 fully saturated rings. The molecule has 1 aromatic heterocycles. The molecule has 9 nitrogen and oxygen atoms in total. The standard InChI is InChI=1S/C20H28N4O5/c1-11(2)24-16(9-10-21-24)22-17(25)13(4)29-20(28)12(3)23-18(26)14-7-5-6-8-15(14)19(23)27/h9-15H,5-8H2,1-4H3,(H,22,25)/t12-,13-,14+,15+/m0/s1. The SMILES string of the molecule is CC(C)n1nccc1NC(=O)[C@H](C)OC(=O)[C@H](C)N1C(=O)[C@@H]2CCCC[C@H]2C1=O. The molecule has 1 N–H and O–H groups in total. The molecule has 29 heavy (non-hydrogen) atoms. The molecule has 3 amide bonds. The minimum Gasteiger partial charge on any atom is -0.451 e. The van der Waals surface area contributed by atoms with Crippen molar-refractivity contribution in [2.24, 2.45) is 11.8 Å². The van der Waals surface area contributed by atoms with E-state index >= 15 is 0 Å². The van der Waals surface area contributed by atoms with Crippen LogP contribution in [0.3, 0.4) is 0 Å². The molecule has 1 saturated carbocycles. The molecule has 0 aromatic carbocycles. The molecule has 1 saturated heterocycles. The van der Waals surface area contributed by atoms with E-state index in [1.807, 2.05) is 13.8 Å². The minimum atomic E-state index is -1.09. The van der Waals surface area contributed by atoms with Crippen molar-refractivity contribution in [3.8, 4) is 0 Å². The molecule has 9 heteroatoms. The number of aromatic nitrogens is 2. The van der Waals surface area contributed by atoms with Crippen molar-refractivity contribution in [1.82, 2.24) is 14.7 Å². The molecule has 0 spiro atoms. The summed E-state index contributed by atoms with van der Waals surface area (Å²) in [4.78, 5) is 51.3. The quantitative estimate of drug-likeness (QED) is 0.573. The summed E-state index contributed by atoms with van der Waals surface area (Å²) in [5, 5.41) is 6.81. The Labute approximate surface area is 169 Å². The Balaban J connectivity index is 1.61. The smallest absolute Gasteiger partial charge is 0.329 e. The third-order valence-corrected chi connectivity index (χ3v) is 5.68. The van der Waals surface area contributed by atoms with Crippen LogP contribution in [-0.4, -0.2) is 50.5 Å². The van der Waals surface area contributed by atoms with E-state index < -0.39 is 24.0 Å². The van der Waals surface area contributed by atoms with Crippen molar-refractivity contribution in [1.29, 1.82) is 0 Å². The first kappa shape index (κ1) is 21.0. The summed E-state index contributed by atoms with van der Waals surface area (Å²) in [5.74, 6) is -2.06. The van der Waals surface area contributed by atoms with Crippen LogP contribution in [0.15, 0.2) is 12.3 Å². The lowest BCUT2D eigenvalue weighted by molar-refractivity contribution is -0.163. The monoisotopic (exact) mass is 404 g/mol. The van der Waals surface area contributed by atoms with Gasteiger partial charge in [-0.05, 0) is 40.5 Å². The zero-order valence-corrected chi connectivity index (χ0v) is 17.3. The largest absolute Gasteiger partial charge is 0.451 e. The van der Waals surface area contributed by atoms with Crippen LogP contribution in [0.2, 0.25) is 0 Å². The van der Waals surface area contributed by atoms with Gasteiger partial charge in [0.25, 0.3) is 5.91 Å². The third kappa shape index (κ3) is 4.04. The van der Waals surface area contributed by atoms with Crippen LogP contribution < -0.4 is 5.32 Å². The van der Waals surface area contributed by atoms with Crippen LogP contribution in [0.4, 0.5) is 5.82 Å². The molecule has 2 aliphatic rings. The van der Waals surface area contributed by atoms with Crippen molar-refractivity contribution in [3.05, 3.63) is 12.3 Å². The minimum absolute atomic E-state index is 0.0499. The summed E-state index contributed by atoms with van der Waals surface area (Å²) in [6.07, 6.45) is 3.66. The van der Waals surface area contributed by atoms with Gasteiger partial charge in [-0.25, -0.2) is 9.48 Å². The number of carbonyl (C=O) groups excluding carboxylic acids is 4. The number of nitrogens with zero attached hydrogens (tertiary/aromatic N) is 3. The predicted molar refractivity (Wildman–Crippen MR) is 104 cm³/mol. The van der Waals surface area contributed by atoms with E-state index in [1.54, 1.807) is 16.9 Å². The molecule has 4 atom stereocenters. The molecule has 0 bridgehead atoms. The molecule has 1 aliphatic carbocycles. The number of hydrogen-bond donors (Lipinski definition) is 1. The first-order chi connectivity index (χ1) is 13.7. The van der Waals surface area contributed by atoms with Gasteiger partial charge in [-0.1, -0.05) is 12.8 Å². The fraction of sp³-hybridized carbons (Fsp3) is 0.650. The summed E-state index contributed by atoms with van der Waals surface area (Å²) in [5.41, 5.74) is 0. The van der Waals surface area contributed by atoms with Gasteiger partial charge in [-0.15, -0.1) is 0 Å². The molecule has 1 aliphatic heterocycles. The van der Waals surface area contributed by atoms with Gasteiger partial charge in [0.05, 0.1) is 18.0 Å². The van der Waals surface area contributed by atoms with E-state index in [-0.39, 0.29) is 29.7 Å². The van der Waals surface area contributed by atoms with Crippen LogP contribution in [0.5, 0.6) is 0 Å². The van der Waals surface area contributed by atoms with Crippen molar-refractivity contribution in [2.75, 3.05) is 5.32 Å². The second-order valence-corrected chi connectivity index (χ2v) is 8.04. The molecule has 0 unspecified atom stereocenters. The number of likely N-dealkylation sites (tertiary alicyclic amines) is 1. The molecular weight excluding hydrogens is 376 g/mol. The van der Waals surface area contributed by atoms with Gasteiger partial charge in [0, 0.05) is 12.1 Å². The average molecular weight is 404 g/mol. The van der Waals surface area contributed by atoms with E-state index in [9.17, 15) is 19.2 Å². The number of imide groups is 1. The van der Waals surface area contributed by atoms with Gasteiger partial charge in [0.15, 0.2) is 6.10 Å². The number of hydrogen-bond acceptors (Lipinski definition) is 6. The Morgan fingerprint density at radius 2 is 1.69 bits per heavy atom. The van der Waals surface area contributed by atoms with Gasteiger partial charge in [-0.3, -0.25) is 19.3 Å². The molecule has 2 heterocycles. The number of rotatable bonds is 6. The van der Waals surface area contributed by atoms with E-state index in [2.05, 4.69) is 10.4 Å². The van der Waals surface area contributed by atoms with E-state index in [4.69, 9.17) is 4.74 Å². The molecule has 0 radical (unpaired) electrons. The Morgan fingerprint density at radius 1 is 1.10 bits per heavy atom. The molecule has 3 rings (SSSR count). The van der Waals surface area contributed by atoms with E-state index in [0.29, 0.717) is 18.7 Å². The summed E-state index contributed by atoms with van der Waals surface area (Å²) < 4.78 is 6.90. The maximum absolute atomic E-state index is 12.6. The topological polar surface area (TPSA) is 111 Å². The fourth-order valence-corrected chi connectivity index (χ4v) is 4.05. The Kier molecular flexibility index (Phi) is 6.04. The molecule has 1 aromatic rings. The second kappa shape index (κ2) is 8.34. The van der Waals surface area contributed by atoms with E-state index in [0.717, 1.165) is 17.7 Å². The molecular formula is C20H28N4O5. The Morgan fingerprint density at radius 3 is 2.24 bits per heavy atom. The summed E-state index contributed by atoms with van der Waals surface area (Å²) in [7, 11) is 0. The zero-order valence-electron chi connectivity index (χ0n) is 17.3. The van der Waals surface area contributed by atoms with Crippen LogP contribution >= 0.6 is 0 Å². The van der Waals surface area contributed by atoms with Crippen molar-refractivity contribution in [2.45, 2.75) is 71.6 Å². The number of esters is 1. The average Bonchev–Trinajstić information content (AvgIpc) is 3.24. The van der Waals surface area contributed by atoms with Crippen molar-refractivity contribution >= 4 is 29.5 Å². The highest BCUT2D eigenvalue weighted by Gasteiger charge is 2.51. The van der Waals surface area contributed by atoms with Gasteiger partial charge in [-0.2, -0.15) is 5.10 Å². The summed E-state index contributed by atoms with van der Waals surface area (Å²) in [6.45, 7) is 6.77. The fourth-order valence-electron chi connectivity index (χ4n) is 4.05. The van der Waals surface area contributed by atoms with Gasteiger partial charge >= 0.3 is 5.97 Å². The van der Waals surface area contributed by atoms with Gasteiger partial charge < -0.3 is 10.1 Å². The first-order valence-electron chi connectivity index (χ1n) is 10.1. The first-order valence-corrected chi connectivity index (χ1v) is 10.1. The lowest BCUT2D eigenvalue weighted by atomic mass is 9.81. The number of anilines is 1. The van der Waals surface area contributed by atoms with Crippen LogP contribution in [0, 0.1) is 11.8 Å². The maximum Gasteiger partial charge on any atom is 0.329 e. The normalized spacial score (nSPS) is 23.7. The lowest BCUT2D eigenvalue weighted by Crippen LogP contribution is -2.46. The number of ether oxygens (including phenoxy) is 1. The van der Waals surface area contributed by atoms with Crippen molar-refractivity contribution in [3.63, 3.8) is 0 Å². The Hall–Kier alpha value is -2.71. The van der Waals surface area contributed by atoms with E-state index in [1.165, 1.54) is 13.8 Å². The summed E-state index contributed by atoms with van der Waals surface area (Å²) >= 11 is 0. The number of nitrogens with one attached hydrogen (secondary N) is 1.